The van der Waals surface area contributed by atoms with Crippen LogP contribution in [-0.2, 0) is 16.6 Å². The summed E-state index contributed by atoms with van der Waals surface area (Å²) in [6.45, 7) is 7.55. The van der Waals surface area contributed by atoms with Gasteiger partial charge >= 0.3 is 0 Å². The molecule has 3 atom stereocenters. The standard InChI is InChI=1S/C29H44ClFN6O2S/c1-20-12-22(16-33-15-21-8-10-24(11-9-21)40(38,39)32-3)14-29(2,13-20)19-36-27-26(31)18-35-28(37-27)34-17-23-6-4-5-7-25(23)30/h4-7,18,20-22,24,32-33H,8-17,19H2,1-3H3,(H2,34,35,36,37)/t20?,21-,22-,24-,29-/m1/s1. The number of sulfonamides is 1. The number of hydrogen-bond donors (Lipinski definition) is 4. The van der Waals surface area contributed by atoms with Crippen LogP contribution in [-0.4, -0.2) is 50.3 Å². The zero-order chi connectivity index (χ0) is 28.8. The number of aromatic nitrogens is 2. The van der Waals surface area contributed by atoms with Crippen LogP contribution in [0.2, 0.25) is 5.02 Å². The summed E-state index contributed by atoms with van der Waals surface area (Å²) in [6, 6.07) is 7.55. The first-order valence-corrected chi connectivity index (χ1v) is 16.4. The zero-order valence-corrected chi connectivity index (χ0v) is 25.4. The van der Waals surface area contributed by atoms with E-state index in [2.05, 4.69) is 44.5 Å². The molecule has 0 bridgehead atoms. The van der Waals surface area contributed by atoms with Gasteiger partial charge in [0, 0.05) is 18.1 Å². The van der Waals surface area contributed by atoms with E-state index in [4.69, 9.17) is 11.6 Å². The quantitative estimate of drug-likeness (QED) is 0.259. The predicted molar refractivity (Wildman–Crippen MR) is 160 cm³/mol. The topological polar surface area (TPSA) is 108 Å². The molecule has 1 aromatic heterocycles. The van der Waals surface area contributed by atoms with Gasteiger partial charge in [0.1, 0.15) is 0 Å². The predicted octanol–water partition coefficient (Wildman–Crippen LogP) is 5.43. The second-order valence-electron chi connectivity index (χ2n) is 12.2. The molecule has 2 aliphatic carbocycles. The summed E-state index contributed by atoms with van der Waals surface area (Å²) in [5, 5.41) is 10.5. The van der Waals surface area contributed by atoms with Crippen LogP contribution in [0.25, 0.3) is 0 Å². The molecule has 0 saturated heterocycles. The Morgan fingerprint density at radius 1 is 1.07 bits per heavy atom. The first kappa shape index (κ1) is 30.9. The highest BCUT2D eigenvalue weighted by Crippen LogP contribution is 2.42. The second-order valence-corrected chi connectivity index (χ2v) is 14.7. The molecule has 222 valence electrons. The molecule has 2 fully saturated rings. The summed E-state index contributed by atoms with van der Waals surface area (Å²) >= 11 is 6.24. The maximum absolute atomic E-state index is 14.6. The van der Waals surface area contributed by atoms with Crippen molar-refractivity contribution in [2.75, 3.05) is 37.3 Å². The highest BCUT2D eigenvalue weighted by Gasteiger charge is 2.36. The monoisotopic (exact) mass is 594 g/mol. The number of nitrogens with zero attached hydrogens (tertiary/aromatic N) is 2. The van der Waals surface area contributed by atoms with Gasteiger partial charge in [-0.05, 0) is 99.9 Å². The molecule has 2 aliphatic rings. The number of nitrogens with one attached hydrogen (secondary N) is 4. The van der Waals surface area contributed by atoms with Gasteiger partial charge in [-0.25, -0.2) is 22.5 Å². The number of benzene rings is 1. The Labute approximate surface area is 243 Å². The van der Waals surface area contributed by atoms with Gasteiger partial charge in [-0.2, -0.15) is 4.98 Å². The van der Waals surface area contributed by atoms with Crippen molar-refractivity contribution >= 4 is 33.4 Å². The van der Waals surface area contributed by atoms with Crippen LogP contribution in [0.1, 0.15) is 64.4 Å². The van der Waals surface area contributed by atoms with Gasteiger partial charge in [0.15, 0.2) is 11.6 Å². The largest absolute Gasteiger partial charge is 0.367 e. The first-order chi connectivity index (χ1) is 19.1. The molecular formula is C29H44ClFN6O2S. The van der Waals surface area contributed by atoms with Crippen LogP contribution >= 0.6 is 11.6 Å². The number of anilines is 2. The van der Waals surface area contributed by atoms with E-state index in [-0.39, 0.29) is 16.5 Å². The van der Waals surface area contributed by atoms with Gasteiger partial charge in [0.05, 0.1) is 11.4 Å². The highest BCUT2D eigenvalue weighted by molar-refractivity contribution is 7.90. The molecule has 4 N–H and O–H groups in total. The minimum absolute atomic E-state index is 0.0200. The molecule has 2 saturated carbocycles. The van der Waals surface area contributed by atoms with E-state index in [0.29, 0.717) is 41.8 Å². The van der Waals surface area contributed by atoms with Crippen molar-refractivity contribution in [3.63, 3.8) is 0 Å². The summed E-state index contributed by atoms with van der Waals surface area (Å²) in [7, 11) is -1.66. The van der Waals surface area contributed by atoms with Gasteiger partial charge in [-0.15, -0.1) is 0 Å². The normalized spacial score (nSPS) is 27.3. The minimum Gasteiger partial charge on any atom is -0.367 e. The molecule has 0 radical (unpaired) electrons. The van der Waals surface area contributed by atoms with Gasteiger partial charge in [0.25, 0.3) is 0 Å². The summed E-state index contributed by atoms with van der Waals surface area (Å²) in [5.74, 6) is 1.75. The Morgan fingerprint density at radius 2 is 1.80 bits per heavy atom. The van der Waals surface area contributed by atoms with E-state index < -0.39 is 15.8 Å². The van der Waals surface area contributed by atoms with Crippen molar-refractivity contribution in [1.82, 2.24) is 20.0 Å². The Balaban J connectivity index is 1.25. The molecule has 1 aromatic carbocycles. The molecule has 0 spiro atoms. The summed E-state index contributed by atoms with van der Waals surface area (Å²) < 4.78 is 41.2. The Hall–Kier alpha value is -2.01. The van der Waals surface area contributed by atoms with Gasteiger partial charge in [-0.3, -0.25) is 0 Å². The molecule has 2 aromatic rings. The summed E-state index contributed by atoms with van der Waals surface area (Å²) in [6.07, 6.45) is 7.85. The lowest BCUT2D eigenvalue weighted by Gasteiger charge is -2.42. The third kappa shape index (κ3) is 8.50. The molecule has 40 heavy (non-hydrogen) atoms. The van der Waals surface area contributed by atoms with Crippen LogP contribution in [0, 0.1) is 29.0 Å². The third-order valence-electron chi connectivity index (χ3n) is 8.56. The highest BCUT2D eigenvalue weighted by atomic mass is 35.5. The lowest BCUT2D eigenvalue weighted by Crippen LogP contribution is -2.40. The Kier molecular flexibility index (Phi) is 10.6. The molecule has 1 unspecified atom stereocenters. The minimum atomic E-state index is -3.16. The van der Waals surface area contributed by atoms with Gasteiger partial charge < -0.3 is 16.0 Å². The number of rotatable bonds is 12. The molecule has 1 heterocycles. The van der Waals surface area contributed by atoms with Crippen molar-refractivity contribution in [2.24, 2.45) is 23.2 Å². The SMILES string of the molecule is CNS(=O)(=O)[C@H]1CC[C@H](CNC[C@@H]2CC(C)C[C@@](C)(CNc3nc(NCc4ccccc4Cl)ncc3F)C2)CC1. The summed E-state index contributed by atoms with van der Waals surface area (Å²) in [5.41, 5.74) is 0.941. The second kappa shape index (κ2) is 13.8. The molecular weight excluding hydrogens is 551 g/mol. The van der Waals surface area contributed by atoms with Crippen molar-refractivity contribution in [3.05, 3.63) is 46.9 Å². The van der Waals surface area contributed by atoms with E-state index >= 15 is 0 Å². The third-order valence-corrected chi connectivity index (χ3v) is 10.8. The van der Waals surface area contributed by atoms with E-state index in [1.165, 1.54) is 19.7 Å². The zero-order valence-electron chi connectivity index (χ0n) is 23.8. The molecule has 11 heteroatoms. The fraction of sp³-hybridized carbons (Fsp3) is 0.655. The van der Waals surface area contributed by atoms with Gasteiger partial charge in [0.2, 0.25) is 16.0 Å². The van der Waals surface area contributed by atoms with E-state index in [0.717, 1.165) is 57.2 Å². The first-order valence-electron chi connectivity index (χ1n) is 14.4. The molecule has 0 amide bonds. The Morgan fingerprint density at radius 3 is 2.52 bits per heavy atom. The van der Waals surface area contributed by atoms with Gasteiger partial charge in [-0.1, -0.05) is 43.6 Å². The van der Waals surface area contributed by atoms with Crippen molar-refractivity contribution in [3.8, 4) is 0 Å². The van der Waals surface area contributed by atoms with Crippen molar-refractivity contribution < 1.29 is 12.8 Å². The van der Waals surface area contributed by atoms with E-state index in [9.17, 15) is 12.8 Å². The van der Waals surface area contributed by atoms with Crippen LogP contribution in [0.5, 0.6) is 0 Å². The number of halogens is 2. The van der Waals surface area contributed by atoms with Crippen LogP contribution < -0.4 is 20.7 Å². The van der Waals surface area contributed by atoms with Crippen LogP contribution in [0.4, 0.5) is 16.2 Å². The maximum atomic E-state index is 14.6. The Bertz CT molecular complexity index is 1230. The van der Waals surface area contributed by atoms with E-state index in [1.807, 2.05) is 24.3 Å². The van der Waals surface area contributed by atoms with Crippen LogP contribution in [0.15, 0.2) is 30.5 Å². The summed E-state index contributed by atoms with van der Waals surface area (Å²) in [4.78, 5) is 8.48. The maximum Gasteiger partial charge on any atom is 0.225 e. The fourth-order valence-electron chi connectivity index (χ4n) is 6.65. The average molecular weight is 595 g/mol. The molecule has 0 aliphatic heterocycles. The fourth-order valence-corrected chi connectivity index (χ4v) is 8.08. The lowest BCUT2D eigenvalue weighted by molar-refractivity contribution is 0.124. The van der Waals surface area contributed by atoms with Crippen LogP contribution in [0.3, 0.4) is 0 Å². The van der Waals surface area contributed by atoms with Crippen molar-refractivity contribution in [1.29, 1.82) is 0 Å². The number of hydrogen-bond acceptors (Lipinski definition) is 7. The molecule has 4 rings (SSSR count). The molecule has 8 nitrogen and oxygen atoms in total. The lowest BCUT2D eigenvalue weighted by atomic mass is 9.67. The van der Waals surface area contributed by atoms with E-state index in [1.54, 1.807) is 0 Å². The van der Waals surface area contributed by atoms with Crippen molar-refractivity contribution in [2.45, 2.75) is 70.6 Å². The smallest absolute Gasteiger partial charge is 0.225 e. The average Bonchev–Trinajstić information content (AvgIpc) is 2.92.